The van der Waals surface area contributed by atoms with E-state index < -0.39 is 0 Å². The normalized spacial score (nSPS) is 18.4. The maximum Gasteiger partial charge on any atom is 0.134 e. The lowest BCUT2D eigenvalue weighted by atomic mass is 9.98. The van der Waals surface area contributed by atoms with Crippen LogP contribution < -0.4 is 0 Å². The second kappa shape index (κ2) is 10.6. The zero-order valence-corrected chi connectivity index (χ0v) is 14.4. The fourth-order valence-corrected chi connectivity index (χ4v) is 4.86. The van der Waals surface area contributed by atoms with Crippen molar-refractivity contribution < 1.29 is 9.47 Å². The molecule has 1 fully saturated rings. The molecule has 1 atom stereocenters. The quantitative estimate of drug-likeness (QED) is 0.481. The predicted octanol–water partition coefficient (Wildman–Crippen LogP) is 3.12. The monoisotopic (exact) mass is 285 g/mol. The first kappa shape index (κ1) is 16.9. The van der Waals surface area contributed by atoms with Gasteiger partial charge in [-0.1, -0.05) is 26.2 Å². The Bertz CT molecular complexity index is 247. The predicted molar refractivity (Wildman–Crippen MR) is 85.0 cm³/mol. The highest BCUT2D eigenvalue weighted by Gasteiger charge is 2.16. The Morgan fingerprint density at radius 1 is 1.11 bits per heavy atom. The molecule has 0 bridgehead atoms. The van der Waals surface area contributed by atoms with Crippen LogP contribution >= 0.6 is 0 Å². The van der Waals surface area contributed by atoms with E-state index in [2.05, 4.69) is 6.92 Å². The molecule has 3 nitrogen and oxygen atoms in total. The van der Waals surface area contributed by atoms with Crippen LogP contribution in [-0.4, -0.2) is 41.9 Å². The molecule has 1 aliphatic carbocycles. The molecule has 112 valence electrons. The summed E-state index contributed by atoms with van der Waals surface area (Å²) in [4.78, 5) is 4.82. The average Bonchev–Trinajstić information content (AvgIpc) is 2.45. The van der Waals surface area contributed by atoms with E-state index in [-0.39, 0.29) is 15.4 Å². The minimum atomic E-state index is -0.334. The molecular formula is C15H31NO2Si. The number of hydrogen-bond donors (Lipinski definition) is 0. The van der Waals surface area contributed by atoms with E-state index in [0.29, 0.717) is 0 Å². The standard InChI is InChI=1S/C15H31NO2Si/c1-4-8-14(19-15(17-2)18-3)11-12-16-13-9-6-5-7-10-13/h14-15H,4-12,19H2,1-3H3. The minimum absolute atomic E-state index is 0.0823. The van der Waals surface area contributed by atoms with Crippen LogP contribution in [0.1, 0.15) is 58.3 Å². The smallest absolute Gasteiger partial charge is 0.134 e. The van der Waals surface area contributed by atoms with Crippen LogP contribution in [0.2, 0.25) is 5.54 Å². The highest BCUT2D eigenvalue weighted by molar-refractivity contribution is 6.38. The summed E-state index contributed by atoms with van der Waals surface area (Å²) >= 11 is 0. The molecule has 4 heteroatoms. The lowest BCUT2D eigenvalue weighted by molar-refractivity contribution is -0.0449. The maximum atomic E-state index is 5.38. The van der Waals surface area contributed by atoms with Crippen LogP contribution in [-0.2, 0) is 9.47 Å². The highest BCUT2D eigenvalue weighted by atomic mass is 28.2. The zero-order valence-electron chi connectivity index (χ0n) is 13.0. The number of hydrogen-bond acceptors (Lipinski definition) is 3. The van der Waals surface area contributed by atoms with Crippen LogP contribution in [0.3, 0.4) is 0 Å². The maximum absolute atomic E-state index is 5.38. The number of nitrogens with zero attached hydrogens (tertiary/aromatic N) is 1. The molecule has 0 N–H and O–H groups in total. The summed E-state index contributed by atoms with van der Waals surface area (Å²) in [5, 5.41) is 0. The molecule has 0 spiro atoms. The summed E-state index contributed by atoms with van der Waals surface area (Å²) in [5.41, 5.74) is 2.28. The highest BCUT2D eigenvalue weighted by Crippen LogP contribution is 2.20. The molecule has 0 aliphatic heterocycles. The Kier molecular flexibility index (Phi) is 9.39. The number of aliphatic imine (C=N–C) groups is 1. The molecule has 0 saturated heterocycles. The van der Waals surface area contributed by atoms with Crippen molar-refractivity contribution >= 4 is 15.2 Å². The van der Waals surface area contributed by atoms with Crippen LogP contribution in [0.5, 0.6) is 0 Å². The lowest BCUT2D eigenvalue weighted by Gasteiger charge is -2.20. The van der Waals surface area contributed by atoms with E-state index in [1.807, 2.05) is 0 Å². The van der Waals surface area contributed by atoms with Gasteiger partial charge in [0.25, 0.3) is 0 Å². The Morgan fingerprint density at radius 3 is 2.37 bits per heavy atom. The van der Waals surface area contributed by atoms with E-state index in [9.17, 15) is 0 Å². The van der Waals surface area contributed by atoms with Crippen molar-refractivity contribution in [3.8, 4) is 0 Å². The average molecular weight is 286 g/mol. The first-order valence-electron chi connectivity index (χ1n) is 7.87. The van der Waals surface area contributed by atoms with Gasteiger partial charge in [-0.3, -0.25) is 4.99 Å². The van der Waals surface area contributed by atoms with E-state index in [4.69, 9.17) is 14.5 Å². The van der Waals surface area contributed by atoms with Crippen molar-refractivity contribution in [2.24, 2.45) is 4.99 Å². The first-order valence-corrected chi connectivity index (χ1v) is 9.51. The summed E-state index contributed by atoms with van der Waals surface area (Å²) in [6.45, 7) is 3.29. The molecule has 0 heterocycles. The van der Waals surface area contributed by atoms with E-state index >= 15 is 0 Å². The van der Waals surface area contributed by atoms with E-state index in [0.717, 1.165) is 12.1 Å². The van der Waals surface area contributed by atoms with Crippen molar-refractivity contribution in [1.82, 2.24) is 0 Å². The summed E-state index contributed by atoms with van der Waals surface area (Å²) in [7, 11) is 3.18. The lowest BCUT2D eigenvalue weighted by Crippen LogP contribution is -2.25. The molecular weight excluding hydrogens is 254 g/mol. The molecule has 0 aromatic heterocycles. The molecule has 0 amide bonds. The Labute approximate surface area is 121 Å². The third kappa shape index (κ3) is 7.23. The van der Waals surface area contributed by atoms with Gasteiger partial charge in [0.2, 0.25) is 0 Å². The van der Waals surface area contributed by atoms with E-state index in [1.54, 1.807) is 14.2 Å². The summed E-state index contributed by atoms with van der Waals surface area (Å²) in [6, 6.07) is 0. The molecule has 1 saturated carbocycles. The number of methoxy groups -OCH3 is 2. The Balaban J connectivity index is 2.31. The fourth-order valence-electron chi connectivity index (χ4n) is 2.87. The SMILES string of the molecule is CCCC(CCN=C1CCCCC1)[SiH2]C(OC)OC. The largest absolute Gasteiger partial charge is 0.360 e. The Morgan fingerprint density at radius 2 is 1.79 bits per heavy atom. The second-order valence-electron chi connectivity index (χ2n) is 5.59. The zero-order chi connectivity index (χ0) is 13.9. The topological polar surface area (TPSA) is 30.8 Å². The van der Waals surface area contributed by atoms with Crippen LogP contribution in [0.4, 0.5) is 0 Å². The van der Waals surface area contributed by atoms with Crippen LogP contribution in [0, 0.1) is 0 Å². The van der Waals surface area contributed by atoms with Gasteiger partial charge in [0.05, 0.1) is 9.52 Å². The van der Waals surface area contributed by atoms with Gasteiger partial charge >= 0.3 is 0 Å². The van der Waals surface area contributed by atoms with Crippen molar-refractivity contribution in [2.75, 3.05) is 20.8 Å². The molecule has 0 aromatic rings. The van der Waals surface area contributed by atoms with Gasteiger partial charge in [0.1, 0.15) is 5.91 Å². The van der Waals surface area contributed by atoms with Crippen molar-refractivity contribution in [1.29, 1.82) is 0 Å². The van der Waals surface area contributed by atoms with Gasteiger partial charge < -0.3 is 9.47 Å². The first-order chi connectivity index (χ1) is 9.30. The van der Waals surface area contributed by atoms with Crippen molar-refractivity contribution in [3.05, 3.63) is 0 Å². The summed E-state index contributed by atoms with van der Waals surface area (Å²) in [5.74, 6) is 0.0823. The molecule has 19 heavy (non-hydrogen) atoms. The van der Waals surface area contributed by atoms with Gasteiger partial charge in [-0.25, -0.2) is 0 Å². The summed E-state index contributed by atoms with van der Waals surface area (Å²) < 4.78 is 10.8. The van der Waals surface area contributed by atoms with Crippen molar-refractivity contribution in [3.63, 3.8) is 0 Å². The van der Waals surface area contributed by atoms with Gasteiger partial charge in [0, 0.05) is 26.5 Å². The minimum Gasteiger partial charge on any atom is -0.360 e. The third-order valence-corrected chi connectivity index (χ3v) is 6.59. The molecule has 1 rings (SSSR count). The molecule has 1 aliphatic rings. The molecule has 0 aromatic carbocycles. The molecule has 0 radical (unpaired) electrons. The number of ether oxygens (including phenoxy) is 2. The fraction of sp³-hybridized carbons (Fsp3) is 0.933. The van der Waals surface area contributed by atoms with E-state index in [1.165, 1.54) is 57.1 Å². The second-order valence-corrected chi connectivity index (χ2v) is 7.88. The van der Waals surface area contributed by atoms with Crippen molar-refractivity contribution in [2.45, 2.75) is 69.7 Å². The number of rotatable bonds is 9. The summed E-state index contributed by atoms with van der Waals surface area (Å²) in [6.07, 6.45) is 10.4. The van der Waals surface area contributed by atoms with Gasteiger partial charge in [-0.05, 0) is 37.6 Å². The third-order valence-electron chi connectivity index (χ3n) is 4.05. The van der Waals surface area contributed by atoms with Gasteiger partial charge in [-0.2, -0.15) is 0 Å². The Hall–Kier alpha value is -0.193. The van der Waals surface area contributed by atoms with Gasteiger partial charge in [-0.15, -0.1) is 0 Å². The van der Waals surface area contributed by atoms with Crippen LogP contribution in [0.15, 0.2) is 4.99 Å². The van der Waals surface area contributed by atoms with Gasteiger partial charge in [0.15, 0.2) is 0 Å². The van der Waals surface area contributed by atoms with Crippen LogP contribution in [0.25, 0.3) is 0 Å². The molecule has 1 unspecified atom stereocenters.